The molecule has 0 unspecified atom stereocenters. The van der Waals surface area contributed by atoms with Crippen molar-refractivity contribution in [3.8, 4) is 0 Å². The van der Waals surface area contributed by atoms with Gasteiger partial charge in [0.25, 0.3) is 0 Å². The van der Waals surface area contributed by atoms with E-state index in [1.807, 2.05) is 44.2 Å². The molecule has 0 saturated carbocycles. The zero-order chi connectivity index (χ0) is 18.8. The van der Waals surface area contributed by atoms with Gasteiger partial charge in [-0.1, -0.05) is 83.9 Å². The van der Waals surface area contributed by atoms with Crippen molar-refractivity contribution in [1.29, 1.82) is 0 Å². The lowest BCUT2D eigenvalue weighted by Gasteiger charge is -2.12. The molecule has 0 aliphatic heterocycles. The van der Waals surface area contributed by atoms with E-state index in [2.05, 4.69) is 54.6 Å². The van der Waals surface area contributed by atoms with Crippen LogP contribution in [0.2, 0.25) is 0 Å². The van der Waals surface area contributed by atoms with Gasteiger partial charge in [0.1, 0.15) is 0 Å². The number of fused-ring (bicyclic) bond motifs is 1. The van der Waals surface area contributed by atoms with Gasteiger partial charge < -0.3 is 0 Å². The molecule has 0 atom stereocenters. The van der Waals surface area contributed by atoms with Crippen LogP contribution in [0.15, 0.2) is 84.9 Å². The van der Waals surface area contributed by atoms with Crippen molar-refractivity contribution in [1.82, 2.24) is 0 Å². The zero-order valence-corrected chi connectivity index (χ0v) is 15.7. The lowest BCUT2D eigenvalue weighted by atomic mass is 9.91. The molecule has 27 heavy (non-hydrogen) atoms. The standard InChI is InChI=1S/C26H22O/c1-18-14-19(2)16-23(15-18)26(27)25-13-6-4-9-22(25)17-21-11-7-10-20-8-3-5-12-24(20)21/h3-16H,17H2,1-2H3. The number of carbonyl (C=O) groups is 1. The first kappa shape index (κ1) is 17.2. The Kier molecular flexibility index (Phi) is 4.60. The quantitative estimate of drug-likeness (QED) is 0.396. The predicted octanol–water partition coefficient (Wildman–Crippen LogP) is 6.28. The number of rotatable bonds is 4. The summed E-state index contributed by atoms with van der Waals surface area (Å²) >= 11 is 0. The average molecular weight is 350 g/mol. The molecule has 0 radical (unpaired) electrons. The minimum absolute atomic E-state index is 0.0950. The third kappa shape index (κ3) is 3.54. The van der Waals surface area contributed by atoms with Crippen LogP contribution in [-0.4, -0.2) is 5.78 Å². The molecule has 0 N–H and O–H groups in total. The summed E-state index contributed by atoms with van der Waals surface area (Å²) in [5, 5.41) is 2.47. The Morgan fingerprint density at radius 2 is 1.33 bits per heavy atom. The van der Waals surface area contributed by atoms with E-state index < -0.39 is 0 Å². The zero-order valence-electron chi connectivity index (χ0n) is 15.7. The molecule has 4 rings (SSSR count). The highest BCUT2D eigenvalue weighted by Crippen LogP contribution is 2.24. The monoisotopic (exact) mass is 350 g/mol. The molecule has 0 aliphatic rings. The van der Waals surface area contributed by atoms with Gasteiger partial charge in [-0.15, -0.1) is 0 Å². The molecule has 0 amide bonds. The van der Waals surface area contributed by atoms with Gasteiger partial charge in [-0.3, -0.25) is 4.79 Å². The summed E-state index contributed by atoms with van der Waals surface area (Å²) in [5.41, 5.74) is 6.09. The van der Waals surface area contributed by atoms with Crippen LogP contribution in [0.25, 0.3) is 10.8 Å². The second kappa shape index (κ2) is 7.20. The lowest BCUT2D eigenvalue weighted by molar-refractivity contribution is 0.103. The number of carbonyl (C=O) groups excluding carboxylic acids is 1. The van der Waals surface area contributed by atoms with E-state index in [1.54, 1.807) is 0 Å². The third-order valence-electron chi connectivity index (χ3n) is 5.01. The number of hydrogen-bond donors (Lipinski definition) is 0. The molecular formula is C26H22O. The predicted molar refractivity (Wildman–Crippen MR) is 113 cm³/mol. The van der Waals surface area contributed by atoms with E-state index in [0.717, 1.165) is 34.2 Å². The van der Waals surface area contributed by atoms with Crippen LogP contribution in [0.5, 0.6) is 0 Å². The van der Waals surface area contributed by atoms with Crippen LogP contribution in [0.1, 0.15) is 38.2 Å². The fraction of sp³-hybridized carbons (Fsp3) is 0.115. The molecule has 132 valence electrons. The Morgan fingerprint density at radius 1 is 0.704 bits per heavy atom. The van der Waals surface area contributed by atoms with Gasteiger partial charge in [0.15, 0.2) is 5.78 Å². The maximum Gasteiger partial charge on any atom is 0.193 e. The Labute approximate surface area is 160 Å². The first-order chi connectivity index (χ1) is 13.1. The summed E-state index contributed by atoms with van der Waals surface area (Å²) in [7, 11) is 0. The highest BCUT2D eigenvalue weighted by atomic mass is 16.1. The lowest BCUT2D eigenvalue weighted by Crippen LogP contribution is -2.07. The molecule has 1 nitrogen and oxygen atoms in total. The van der Waals surface area contributed by atoms with Gasteiger partial charge in [0, 0.05) is 11.1 Å². The van der Waals surface area contributed by atoms with Crippen molar-refractivity contribution in [3.63, 3.8) is 0 Å². The van der Waals surface area contributed by atoms with Crippen LogP contribution in [0, 0.1) is 13.8 Å². The van der Waals surface area contributed by atoms with Crippen molar-refractivity contribution in [3.05, 3.63) is 118 Å². The van der Waals surface area contributed by atoms with Crippen molar-refractivity contribution in [2.45, 2.75) is 20.3 Å². The van der Waals surface area contributed by atoms with Gasteiger partial charge in [0.2, 0.25) is 0 Å². The second-order valence-corrected chi connectivity index (χ2v) is 7.18. The summed E-state index contributed by atoms with van der Waals surface area (Å²) in [6.45, 7) is 4.07. The van der Waals surface area contributed by atoms with E-state index >= 15 is 0 Å². The minimum Gasteiger partial charge on any atom is -0.289 e. The SMILES string of the molecule is Cc1cc(C)cc(C(=O)c2ccccc2Cc2cccc3ccccc23)c1. The second-order valence-electron chi connectivity index (χ2n) is 7.18. The number of aryl methyl sites for hydroxylation is 2. The molecule has 0 aliphatic carbocycles. The van der Waals surface area contributed by atoms with Crippen LogP contribution < -0.4 is 0 Å². The highest BCUT2D eigenvalue weighted by molar-refractivity contribution is 6.10. The van der Waals surface area contributed by atoms with E-state index in [-0.39, 0.29) is 5.78 Å². The van der Waals surface area contributed by atoms with E-state index in [0.29, 0.717) is 0 Å². The minimum atomic E-state index is 0.0950. The van der Waals surface area contributed by atoms with Crippen LogP contribution in [-0.2, 0) is 6.42 Å². The van der Waals surface area contributed by atoms with Crippen molar-refractivity contribution in [2.75, 3.05) is 0 Å². The van der Waals surface area contributed by atoms with E-state index in [1.165, 1.54) is 16.3 Å². The Morgan fingerprint density at radius 3 is 2.15 bits per heavy atom. The molecule has 0 aromatic heterocycles. The summed E-state index contributed by atoms with van der Waals surface area (Å²) in [5.74, 6) is 0.0950. The normalized spacial score (nSPS) is 10.9. The van der Waals surface area contributed by atoms with Gasteiger partial charge in [0.05, 0.1) is 0 Å². The topological polar surface area (TPSA) is 17.1 Å². The molecule has 0 fully saturated rings. The highest BCUT2D eigenvalue weighted by Gasteiger charge is 2.15. The summed E-state index contributed by atoms with van der Waals surface area (Å²) < 4.78 is 0. The number of ketones is 1. The van der Waals surface area contributed by atoms with Crippen molar-refractivity contribution in [2.24, 2.45) is 0 Å². The maximum absolute atomic E-state index is 13.2. The average Bonchev–Trinajstić information content (AvgIpc) is 2.67. The summed E-state index contributed by atoms with van der Waals surface area (Å²) in [4.78, 5) is 13.2. The molecule has 4 aromatic rings. The fourth-order valence-corrected chi connectivity index (χ4v) is 3.81. The molecule has 0 bridgehead atoms. The number of hydrogen-bond acceptors (Lipinski definition) is 1. The van der Waals surface area contributed by atoms with Crippen molar-refractivity contribution < 1.29 is 4.79 Å². The van der Waals surface area contributed by atoms with Crippen LogP contribution in [0.3, 0.4) is 0 Å². The largest absolute Gasteiger partial charge is 0.289 e. The van der Waals surface area contributed by atoms with Gasteiger partial charge in [-0.25, -0.2) is 0 Å². The van der Waals surface area contributed by atoms with Crippen LogP contribution >= 0.6 is 0 Å². The molecular weight excluding hydrogens is 328 g/mol. The molecule has 1 heteroatoms. The molecule has 4 aromatic carbocycles. The fourth-order valence-electron chi connectivity index (χ4n) is 3.81. The molecule has 0 heterocycles. The Bertz CT molecular complexity index is 1110. The number of benzene rings is 4. The van der Waals surface area contributed by atoms with Crippen molar-refractivity contribution >= 4 is 16.6 Å². The smallest absolute Gasteiger partial charge is 0.193 e. The summed E-state index contributed by atoms with van der Waals surface area (Å²) in [6, 6.07) is 28.8. The first-order valence-electron chi connectivity index (χ1n) is 9.29. The van der Waals surface area contributed by atoms with E-state index in [4.69, 9.17) is 0 Å². The maximum atomic E-state index is 13.2. The first-order valence-corrected chi connectivity index (χ1v) is 9.29. The summed E-state index contributed by atoms with van der Waals surface area (Å²) in [6.07, 6.45) is 0.744. The van der Waals surface area contributed by atoms with Crippen LogP contribution in [0.4, 0.5) is 0 Å². The third-order valence-corrected chi connectivity index (χ3v) is 5.01. The van der Waals surface area contributed by atoms with E-state index in [9.17, 15) is 4.79 Å². The molecule has 0 spiro atoms. The molecule has 0 saturated heterocycles. The Balaban J connectivity index is 1.76. The van der Waals surface area contributed by atoms with Gasteiger partial charge >= 0.3 is 0 Å². The van der Waals surface area contributed by atoms with Gasteiger partial charge in [-0.05, 0) is 54.3 Å². The Hall–Kier alpha value is -3.19. The van der Waals surface area contributed by atoms with Gasteiger partial charge in [-0.2, -0.15) is 0 Å².